The first-order valence-electron chi connectivity index (χ1n) is 6.19. The third-order valence-electron chi connectivity index (χ3n) is 3.40. The molecular weight excluding hydrogens is 240 g/mol. The van der Waals surface area contributed by atoms with E-state index in [9.17, 15) is 0 Å². The van der Waals surface area contributed by atoms with E-state index in [2.05, 4.69) is 40.1 Å². The standard InChI is InChI=1S/C14H16N4O/c1-8-9(2)15-13-10(8)5-4-6-11(13)14-16-12(7-19-3)17-18-14/h4-6,15H,7H2,1-3H3,(H,16,17,18). The molecule has 3 rings (SSSR count). The Morgan fingerprint density at radius 2 is 2.11 bits per heavy atom. The molecule has 0 unspecified atom stereocenters. The lowest BCUT2D eigenvalue weighted by Crippen LogP contribution is -1.89. The van der Waals surface area contributed by atoms with E-state index in [1.807, 2.05) is 12.1 Å². The number of aromatic nitrogens is 4. The van der Waals surface area contributed by atoms with Crippen molar-refractivity contribution in [3.63, 3.8) is 0 Å². The van der Waals surface area contributed by atoms with Crippen LogP contribution in [0.3, 0.4) is 0 Å². The van der Waals surface area contributed by atoms with Crippen molar-refractivity contribution in [3.8, 4) is 11.4 Å². The van der Waals surface area contributed by atoms with Gasteiger partial charge in [-0.15, -0.1) is 0 Å². The monoisotopic (exact) mass is 256 g/mol. The van der Waals surface area contributed by atoms with Crippen LogP contribution >= 0.6 is 0 Å². The highest BCUT2D eigenvalue weighted by Gasteiger charge is 2.13. The molecule has 0 aliphatic carbocycles. The van der Waals surface area contributed by atoms with Gasteiger partial charge in [-0.25, -0.2) is 4.98 Å². The van der Waals surface area contributed by atoms with Gasteiger partial charge in [0, 0.05) is 23.8 Å². The summed E-state index contributed by atoms with van der Waals surface area (Å²) in [6.45, 7) is 4.63. The van der Waals surface area contributed by atoms with Crippen LogP contribution < -0.4 is 0 Å². The average molecular weight is 256 g/mol. The quantitative estimate of drug-likeness (QED) is 0.757. The van der Waals surface area contributed by atoms with E-state index < -0.39 is 0 Å². The summed E-state index contributed by atoms with van der Waals surface area (Å²) < 4.78 is 5.05. The van der Waals surface area contributed by atoms with Gasteiger partial charge in [0.2, 0.25) is 0 Å². The highest BCUT2D eigenvalue weighted by Crippen LogP contribution is 2.29. The van der Waals surface area contributed by atoms with Gasteiger partial charge in [0.15, 0.2) is 11.6 Å². The van der Waals surface area contributed by atoms with Crippen molar-refractivity contribution >= 4 is 10.9 Å². The molecule has 0 fully saturated rings. The SMILES string of the molecule is COCc1nc(-c2cccc3c(C)c(C)[nH]c23)n[nH]1. The summed E-state index contributed by atoms with van der Waals surface area (Å²) in [6, 6.07) is 6.17. The van der Waals surface area contributed by atoms with E-state index in [4.69, 9.17) is 4.74 Å². The van der Waals surface area contributed by atoms with Crippen molar-refractivity contribution in [2.75, 3.05) is 7.11 Å². The molecular formula is C14H16N4O. The van der Waals surface area contributed by atoms with Crippen molar-refractivity contribution in [2.45, 2.75) is 20.5 Å². The molecule has 0 amide bonds. The summed E-state index contributed by atoms with van der Waals surface area (Å²) in [4.78, 5) is 7.86. The summed E-state index contributed by atoms with van der Waals surface area (Å²) in [6.07, 6.45) is 0. The maximum Gasteiger partial charge on any atom is 0.183 e. The van der Waals surface area contributed by atoms with Gasteiger partial charge in [-0.1, -0.05) is 12.1 Å². The van der Waals surface area contributed by atoms with Crippen LogP contribution in [0, 0.1) is 13.8 Å². The Kier molecular flexibility index (Phi) is 2.83. The van der Waals surface area contributed by atoms with E-state index in [1.165, 1.54) is 16.6 Å². The number of fused-ring (bicyclic) bond motifs is 1. The number of hydrogen-bond acceptors (Lipinski definition) is 3. The molecule has 0 atom stereocenters. The van der Waals surface area contributed by atoms with Crippen molar-refractivity contribution < 1.29 is 4.74 Å². The summed E-state index contributed by atoms with van der Waals surface area (Å²) in [5, 5.41) is 8.37. The molecule has 0 saturated carbocycles. The van der Waals surface area contributed by atoms with Crippen LogP contribution in [0.25, 0.3) is 22.3 Å². The van der Waals surface area contributed by atoms with Crippen LogP contribution in [0.4, 0.5) is 0 Å². The molecule has 2 N–H and O–H groups in total. The first-order chi connectivity index (χ1) is 9.20. The second-order valence-corrected chi connectivity index (χ2v) is 4.64. The Morgan fingerprint density at radius 1 is 1.26 bits per heavy atom. The topological polar surface area (TPSA) is 66.6 Å². The highest BCUT2D eigenvalue weighted by atomic mass is 16.5. The molecule has 0 radical (unpaired) electrons. The zero-order valence-electron chi connectivity index (χ0n) is 11.2. The van der Waals surface area contributed by atoms with Gasteiger partial charge in [-0.05, 0) is 25.5 Å². The third kappa shape index (κ3) is 1.92. The number of nitrogens with zero attached hydrogens (tertiary/aromatic N) is 2. The fourth-order valence-electron chi connectivity index (χ4n) is 2.29. The molecule has 1 aromatic carbocycles. The van der Waals surface area contributed by atoms with Crippen molar-refractivity contribution in [3.05, 3.63) is 35.3 Å². The molecule has 98 valence electrons. The van der Waals surface area contributed by atoms with E-state index in [1.54, 1.807) is 7.11 Å². The smallest absolute Gasteiger partial charge is 0.183 e. The Bertz CT molecular complexity index is 726. The predicted molar refractivity (Wildman–Crippen MR) is 73.9 cm³/mol. The fourth-order valence-corrected chi connectivity index (χ4v) is 2.29. The van der Waals surface area contributed by atoms with Gasteiger partial charge in [0.05, 0.1) is 5.52 Å². The lowest BCUT2D eigenvalue weighted by molar-refractivity contribution is 0.178. The van der Waals surface area contributed by atoms with Gasteiger partial charge < -0.3 is 9.72 Å². The Balaban J connectivity index is 2.16. The Morgan fingerprint density at radius 3 is 2.89 bits per heavy atom. The van der Waals surface area contributed by atoms with Gasteiger partial charge in [0.1, 0.15) is 6.61 Å². The number of hydrogen-bond donors (Lipinski definition) is 2. The first-order valence-corrected chi connectivity index (χ1v) is 6.19. The number of nitrogens with one attached hydrogen (secondary N) is 2. The van der Waals surface area contributed by atoms with Crippen LogP contribution in [0.15, 0.2) is 18.2 Å². The summed E-state index contributed by atoms with van der Waals surface area (Å²) >= 11 is 0. The van der Waals surface area contributed by atoms with Crippen LogP contribution in [0.1, 0.15) is 17.1 Å². The molecule has 19 heavy (non-hydrogen) atoms. The minimum absolute atomic E-state index is 0.436. The number of aromatic amines is 2. The van der Waals surface area contributed by atoms with Crippen LogP contribution in [0.5, 0.6) is 0 Å². The molecule has 3 aromatic rings. The van der Waals surface area contributed by atoms with Crippen LogP contribution in [-0.4, -0.2) is 27.3 Å². The molecule has 0 aliphatic rings. The van der Waals surface area contributed by atoms with E-state index in [0.717, 1.165) is 16.9 Å². The zero-order valence-corrected chi connectivity index (χ0v) is 11.2. The molecule has 5 heteroatoms. The van der Waals surface area contributed by atoms with Crippen molar-refractivity contribution in [1.82, 2.24) is 20.2 Å². The first kappa shape index (κ1) is 11.9. The highest BCUT2D eigenvalue weighted by molar-refractivity contribution is 5.95. The number of ether oxygens (including phenoxy) is 1. The number of rotatable bonds is 3. The summed E-state index contributed by atoms with van der Waals surface area (Å²) in [5.41, 5.74) is 4.53. The summed E-state index contributed by atoms with van der Waals surface area (Å²) in [5.74, 6) is 1.42. The van der Waals surface area contributed by atoms with E-state index >= 15 is 0 Å². The second-order valence-electron chi connectivity index (χ2n) is 4.64. The van der Waals surface area contributed by atoms with Gasteiger partial charge in [-0.2, -0.15) is 5.10 Å². The third-order valence-corrected chi connectivity index (χ3v) is 3.40. The average Bonchev–Trinajstić information content (AvgIpc) is 2.97. The van der Waals surface area contributed by atoms with Crippen LogP contribution in [-0.2, 0) is 11.3 Å². The second kappa shape index (κ2) is 4.51. The minimum atomic E-state index is 0.436. The van der Waals surface area contributed by atoms with Gasteiger partial charge >= 0.3 is 0 Å². The Labute approximate surface area is 111 Å². The molecule has 0 bridgehead atoms. The normalized spacial score (nSPS) is 11.3. The maximum atomic E-state index is 5.05. The lowest BCUT2D eigenvalue weighted by Gasteiger charge is -1.98. The lowest BCUT2D eigenvalue weighted by atomic mass is 10.1. The largest absolute Gasteiger partial charge is 0.377 e. The zero-order chi connectivity index (χ0) is 13.4. The van der Waals surface area contributed by atoms with Crippen molar-refractivity contribution in [1.29, 1.82) is 0 Å². The molecule has 5 nitrogen and oxygen atoms in total. The molecule has 0 spiro atoms. The van der Waals surface area contributed by atoms with Gasteiger partial charge in [-0.3, -0.25) is 5.10 Å². The number of methoxy groups -OCH3 is 1. The number of para-hydroxylation sites is 1. The molecule has 2 aromatic heterocycles. The molecule has 2 heterocycles. The summed E-state index contributed by atoms with van der Waals surface area (Å²) in [7, 11) is 1.64. The van der Waals surface area contributed by atoms with Crippen molar-refractivity contribution in [2.24, 2.45) is 0 Å². The van der Waals surface area contributed by atoms with E-state index in [0.29, 0.717) is 12.4 Å². The van der Waals surface area contributed by atoms with E-state index in [-0.39, 0.29) is 0 Å². The number of H-pyrrole nitrogens is 2. The number of aryl methyl sites for hydroxylation is 2. The minimum Gasteiger partial charge on any atom is -0.377 e. The van der Waals surface area contributed by atoms with Gasteiger partial charge in [0.25, 0.3) is 0 Å². The molecule has 0 aliphatic heterocycles. The maximum absolute atomic E-state index is 5.05. The fraction of sp³-hybridized carbons (Fsp3) is 0.286. The number of benzene rings is 1. The molecule has 0 saturated heterocycles. The Hall–Kier alpha value is -2.14. The predicted octanol–water partition coefficient (Wildman–Crippen LogP) is 2.72. The van der Waals surface area contributed by atoms with Crippen LogP contribution in [0.2, 0.25) is 0 Å².